The molecule has 0 N–H and O–H groups in total. The lowest BCUT2D eigenvalue weighted by molar-refractivity contribution is 0.427. The van der Waals surface area contributed by atoms with Gasteiger partial charge in [0.1, 0.15) is 0 Å². The van der Waals surface area contributed by atoms with Gasteiger partial charge in [0.05, 0.1) is 12.1 Å². The van der Waals surface area contributed by atoms with Gasteiger partial charge < -0.3 is 4.74 Å². The molecular weight excluding hydrogens is 192 g/mol. The first kappa shape index (κ1) is 9.87. The summed E-state index contributed by atoms with van der Waals surface area (Å²) in [5.74, 6) is 0. The summed E-state index contributed by atoms with van der Waals surface area (Å²) in [6.45, 7) is 6.43. The molecule has 0 amide bonds. The third-order valence-electron chi connectivity index (χ3n) is 1.55. The van der Waals surface area contributed by atoms with Gasteiger partial charge in [-0.1, -0.05) is 32.4 Å². The van der Waals surface area contributed by atoms with Crippen molar-refractivity contribution in [3.05, 3.63) is 16.0 Å². The summed E-state index contributed by atoms with van der Waals surface area (Å²) >= 11 is 7.65. The maximum Gasteiger partial charge on any atom is 0.175 e. The van der Waals surface area contributed by atoms with Crippen LogP contribution in [0.2, 0.25) is 5.02 Å². The van der Waals surface area contributed by atoms with Gasteiger partial charge in [-0.25, -0.2) is 0 Å². The summed E-state index contributed by atoms with van der Waals surface area (Å²) in [4.78, 5) is 1.18. The molecule has 0 unspecified atom stereocenters. The van der Waals surface area contributed by atoms with E-state index in [1.165, 1.54) is 4.88 Å². The number of rotatable bonds is 1. The zero-order valence-corrected chi connectivity index (χ0v) is 9.34. The molecule has 0 aromatic carbocycles. The molecule has 1 nitrogen and oxygen atoms in total. The van der Waals surface area contributed by atoms with Gasteiger partial charge in [0, 0.05) is 10.9 Å². The van der Waals surface area contributed by atoms with Crippen LogP contribution in [0.3, 0.4) is 0 Å². The summed E-state index contributed by atoms with van der Waals surface area (Å²) in [5, 5.41) is 1.69. The zero-order chi connectivity index (χ0) is 9.35. The third kappa shape index (κ3) is 1.93. The molecule has 0 aliphatic carbocycles. The van der Waals surface area contributed by atoms with E-state index >= 15 is 0 Å². The molecule has 0 fully saturated rings. The minimum absolute atomic E-state index is 0.110. The fraction of sp³-hybridized carbons (Fsp3) is 0.556. The average molecular weight is 205 g/mol. The van der Waals surface area contributed by atoms with E-state index in [4.69, 9.17) is 16.3 Å². The average Bonchev–Trinajstić information content (AvgIpc) is 2.29. The quantitative estimate of drug-likeness (QED) is 0.678. The van der Waals surface area contributed by atoms with E-state index in [2.05, 4.69) is 20.8 Å². The molecular formula is C9H13ClOS. The lowest BCUT2D eigenvalue weighted by Gasteiger charge is -2.16. The second-order valence-electron chi connectivity index (χ2n) is 3.70. The summed E-state index contributed by atoms with van der Waals surface area (Å²) in [6.07, 6.45) is 0. The maximum absolute atomic E-state index is 6.04. The molecule has 0 bridgehead atoms. The third-order valence-corrected chi connectivity index (χ3v) is 3.48. The fourth-order valence-corrected chi connectivity index (χ4v) is 2.45. The SMILES string of the molecule is COc1cc(Cl)c(C(C)(C)C)s1. The molecule has 68 valence electrons. The number of ether oxygens (including phenoxy) is 1. The van der Waals surface area contributed by atoms with Crippen LogP contribution in [0.4, 0.5) is 0 Å². The van der Waals surface area contributed by atoms with Gasteiger partial charge in [-0.15, -0.1) is 11.3 Å². The summed E-state index contributed by atoms with van der Waals surface area (Å²) in [7, 11) is 1.66. The minimum atomic E-state index is 0.110. The van der Waals surface area contributed by atoms with Gasteiger partial charge in [-0.3, -0.25) is 0 Å². The molecule has 1 aromatic rings. The molecule has 0 saturated heterocycles. The molecule has 1 rings (SSSR count). The van der Waals surface area contributed by atoms with E-state index in [0.717, 1.165) is 10.1 Å². The normalized spacial score (nSPS) is 11.8. The Hall–Kier alpha value is -0.210. The lowest BCUT2D eigenvalue weighted by atomic mass is 9.95. The highest BCUT2D eigenvalue weighted by Gasteiger charge is 2.20. The molecule has 0 aliphatic heterocycles. The Bertz CT molecular complexity index is 273. The van der Waals surface area contributed by atoms with Gasteiger partial charge in [0.15, 0.2) is 5.06 Å². The second kappa shape index (κ2) is 3.27. The molecule has 1 aromatic heterocycles. The van der Waals surface area contributed by atoms with Gasteiger partial charge in [0.25, 0.3) is 0 Å². The van der Waals surface area contributed by atoms with Crippen molar-refractivity contribution in [1.29, 1.82) is 0 Å². The number of halogens is 1. The molecule has 1 heterocycles. The van der Waals surface area contributed by atoms with Crippen LogP contribution in [0.1, 0.15) is 25.6 Å². The molecule has 0 aliphatic rings. The smallest absolute Gasteiger partial charge is 0.175 e. The topological polar surface area (TPSA) is 9.23 Å². The highest BCUT2D eigenvalue weighted by Crippen LogP contribution is 2.40. The van der Waals surface area contributed by atoms with E-state index in [0.29, 0.717) is 0 Å². The Kier molecular flexibility index (Phi) is 2.69. The van der Waals surface area contributed by atoms with E-state index in [-0.39, 0.29) is 5.41 Å². The van der Waals surface area contributed by atoms with Crippen molar-refractivity contribution in [3.8, 4) is 5.06 Å². The second-order valence-corrected chi connectivity index (χ2v) is 5.12. The van der Waals surface area contributed by atoms with Crippen molar-refractivity contribution in [2.75, 3.05) is 7.11 Å². The Morgan fingerprint density at radius 3 is 2.25 bits per heavy atom. The molecule has 0 saturated carbocycles. The monoisotopic (exact) mass is 204 g/mol. The predicted octanol–water partition coefficient (Wildman–Crippen LogP) is 3.71. The van der Waals surface area contributed by atoms with Crippen LogP contribution in [-0.4, -0.2) is 7.11 Å². The van der Waals surface area contributed by atoms with E-state index in [1.807, 2.05) is 6.07 Å². The maximum atomic E-state index is 6.04. The van der Waals surface area contributed by atoms with Crippen LogP contribution in [0, 0.1) is 0 Å². The van der Waals surface area contributed by atoms with Crippen LogP contribution >= 0.6 is 22.9 Å². The van der Waals surface area contributed by atoms with E-state index in [9.17, 15) is 0 Å². The number of thiophene rings is 1. The van der Waals surface area contributed by atoms with Crippen LogP contribution in [0.25, 0.3) is 0 Å². The molecule has 0 spiro atoms. The highest BCUT2D eigenvalue weighted by molar-refractivity contribution is 7.14. The lowest BCUT2D eigenvalue weighted by Crippen LogP contribution is -2.08. The Balaban J connectivity index is 3.08. The van der Waals surface area contributed by atoms with Crippen molar-refractivity contribution in [3.63, 3.8) is 0 Å². The van der Waals surface area contributed by atoms with Crippen LogP contribution < -0.4 is 4.74 Å². The Morgan fingerprint density at radius 1 is 1.42 bits per heavy atom. The molecule has 3 heteroatoms. The first-order valence-corrected chi connectivity index (χ1v) is 4.98. The summed E-state index contributed by atoms with van der Waals surface area (Å²) < 4.78 is 5.10. The van der Waals surface area contributed by atoms with E-state index < -0.39 is 0 Å². The first-order valence-electron chi connectivity index (χ1n) is 3.79. The van der Waals surface area contributed by atoms with Crippen LogP contribution in [0.15, 0.2) is 6.07 Å². The van der Waals surface area contributed by atoms with Gasteiger partial charge in [-0.2, -0.15) is 0 Å². The largest absolute Gasteiger partial charge is 0.487 e. The molecule has 12 heavy (non-hydrogen) atoms. The van der Waals surface area contributed by atoms with Crippen molar-refractivity contribution in [2.45, 2.75) is 26.2 Å². The Morgan fingerprint density at radius 2 is 2.00 bits per heavy atom. The van der Waals surface area contributed by atoms with Crippen molar-refractivity contribution < 1.29 is 4.74 Å². The summed E-state index contributed by atoms with van der Waals surface area (Å²) in [5.41, 5.74) is 0.110. The number of hydrogen-bond acceptors (Lipinski definition) is 2. The van der Waals surface area contributed by atoms with Crippen molar-refractivity contribution in [2.24, 2.45) is 0 Å². The number of methoxy groups -OCH3 is 1. The highest BCUT2D eigenvalue weighted by atomic mass is 35.5. The van der Waals surface area contributed by atoms with Crippen LogP contribution in [0.5, 0.6) is 5.06 Å². The zero-order valence-electron chi connectivity index (χ0n) is 7.77. The fourth-order valence-electron chi connectivity index (χ4n) is 0.960. The number of hydrogen-bond donors (Lipinski definition) is 0. The van der Waals surface area contributed by atoms with Crippen molar-refractivity contribution in [1.82, 2.24) is 0 Å². The standard InChI is InChI=1S/C9H13ClOS/c1-9(2,3)8-6(10)5-7(11-4)12-8/h5H,1-4H3. The summed E-state index contributed by atoms with van der Waals surface area (Å²) in [6, 6.07) is 1.87. The predicted molar refractivity (Wildman–Crippen MR) is 54.6 cm³/mol. The van der Waals surface area contributed by atoms with E-state index in [1.54, 1.807) is 18.4 Å². The molecule has 0 atom stereocenters. The van der Waals surface area contributed by atoms with Gasteiger partial charge in [0.2, 0.25) is 0 Å². The van der Waals surface area contributed by atoms with Gasteiger partial charge >= 0.3 is 0 Å². The van der Waals surface area contributed by atoms with Crippen LogP contribution in [-0.2, 0) is 5.41 Å². The van der Waals surface area contributed by atoms with Gasteiger partial charge in [-0.05, 0) is 5.41 Å². The van der Waals surface area contributed by atoms with Crippen molar-refractivity contribution >= 4 is 22.9 Å². The Labute approximate surface area is 82.3 Å². The first-order chi connectivity index (χ1) is 5.45. The molecule has 0 radical (unpaired) electrons. The minimum Gasteiger partial charge on any atom is -0.487 e.